The number of thioether (sulfide) groups is 1. The van der Waals surface area contributed by atoms with Gasteiger partial charge in [0.15, 0.2) is 4.34 Å². The maximum Gasteiger partial charge on any atom is 0.301 e. The van der Waals surface area contributed by atoms with Crippen molar-refractivity contribution in [2.24, 2.45) is 0 Å². The highest BCUT2D eigenvalue weighted by molar-refractivity contribution is 8.00. The zero-order valence-corrected chi connectivity index (χ0v) is 26.2. The van der Waals surface area contributed by atoms with Gasteiger partial charge in [0.1, 0.15) is 23.9 Å². The van der Waals surface area contributed by atoms with Gasteiger partial charge in [0.2, 0.25) is 5.13 Å². The summed E-state index contributed by atoms with van der Waals surface area (Å²) in [7, 11) is 1.56. The molecule has 0 bridgehead atoms. The third-order valence-electron chi connectivity index (χ3n) is 7.47. The van der Waals surface area contributed by atoms with Crippen LogP contribution in [0.5, 0.6) is 11.5 Å². The molecule has 0 aliphatic carbocycles. The fourth-order valence-corrected chi connectivity index (χ4v) is 6.83. The second-order valence-corrected chi connectivity index (χ2v) is 12.5. The predicted molar refractivity (Wildman–Crippen MR) is 176 cm³/mol. The molecule has 1 atom stereocenters. The number of ketones is 1. The van der Waals surface area contributed by atoms with Gasteiger partial charge in [-0.3, -0.25) is 14.5 Å². The van der Waals surface area contributed by atoms with Gasteiger partial charge in [-0.25, -0.2) is 0 Å². The van der Waals surface area contributed by atoms with Crippen molar-refractivity contribution < 1.29 is 24.2 Å². The number of hydrogen-bond donors (Lipinski definition) is 1. The van der Waals surface area contributed by atoms with Crippen molar-refractivity contribution >= 4 is 45.7 Å². The van der Waals surface area contributed by atoms with E-state index in [9.17, 15) is 14.7 Å². The van der Waals surface area contributed by atoms with Crippen LogP contribution >= 0.6 is 23.1 Å². The molecule has 1 unspecified atom stereocenters. The monoisotopic (exact) mass is 635 g/mol. The molecule has 45 heavy (non-hydrogen) atoms. The minimum atomic E-state index is -0.923. The van der Waals surface area contributed by atoms with E-state index in [0.29, 0.717) is 39.3 Å². The Morgan fingerprint density at radius 1 is 0.889 bits per heavy atom. The minimum absolute atomic E-state index is 0.0348. The van der Waals surface area contributed by atoms with Crippen LogP contribution in [0.1, 0.15) is 33.9 Å². The maximum atomic E-state index is 13.6. The van der Waals surface area contributed by atoms with Crippen molar-refractivity contribution in [1.29, 1.82) is 0 Å². The molecule has 0 radical (unpaired) electrons. The normalized spacial score (nSPS) is 15.8. The molecule has 226 valence electrons. The highest BCUT2D eigenvalue weighted by Crippen LogP contribution is 2.44. The Morgan fingerprint density at radius 2 is 1.58 bits per heavy atom. The van der Waals surface area contributed by atoms with Crippen LogP contribution in [0.4, 0.5) is 5.13 Å². The number of aryl methyl sites for hydroxylation is 1. The first-order valence-electron chi connectivity index (χ1n) is 14.2. The lowest BCUT2D eigenvalue weighted by Crippen LogP contribution is -2.29. The fourth-order valence-electron chi connectivity index (χ4n) is 5.01. The Morgan fingerprint density at radius 3 is 2.29 bits per heavy atom. The topological polar surface area (TPSA) is 102 Å². The Hall–Kier alpha value is -4.93. The number of amides is 1. The summed E-state index contributed by atoms with van der Waals surface area (Å²) in [6, 6.07) is 30.9. The third kappa shape index (κ3) is 6.47. The van der Waals surface area contributed by atoms with Crippen molar-refractivity contribution in [1.82, 2.24) is 10.2 Å². The molecule has 0 saturated carbocycles. The molecule has 1 N–H and O–H groups in total. The van der Waals surface area contributed by atoms with Gasteiger partial charge < -0.3 is 14.6 Å². The highest BCUT2D eigenvalue weighted by Gasteiger charge is 2.48. The Balaban J connectivity index is 1.31. The maximum absolute atomic E-state index is 13.6. The van der Waals surface area contributed by atoms with Crippen LogP contribution in [0.3, 0.4) is 0 Å². The molecule has 1 aliphatic heterocycles. The fraction of sp³-hybridized carbons (Fsp3) is 0.143. The number of nitrogens with zero attached hydrogens (tertiary/aromatic N) is 3. The number of aliphatic hydroxyl groups excluding tert-OH is 1. The zero-order chi connectivity index (χ0) is 31.3. The van der Waals surface area contributed by atoms with E-state index >= 15 is 0 Å². The Kier molecular flexibility index (Phi) is 8.95. The van der Waals surface area contributed by atoms with Crippen LogP contribution < -0.4 is 14.4 Å². The van der Waals surface area contributed by atoms with Crippen molar-refractivity contribution in [2.45, 2.75) is 29.7 Å². The number of hydrogen-bond acceptors (Lipinski definition) is 9. The van der Waals surface area contributed by atoms with Gasteiger partial charge in [0.05, 0.1) is 18.7 Å². The first-order chi connectivity index (χ1) is 21.9. The number of rotatable bonds is 10. The Labute approximate surface area is 269 Å². The van der Waals surface area contributed by atoms with E-state index in [2.05, 4.69) is 10.2 Å². The summed E-state index contributed by atoms with van der Waals surface area (Å²) in [6.45, 7) is 2.43. The summed E-state index contributed by atoms with van der Waals surface area (Å²) in [5, 5.41) is 20.4. The molecular formula is C35H29N3O5S2. The van der Waals surface area contributed by atoms with Crippen LogP contribution in [0, 0.1) is 6.92 Å². The zero-order valence-electron chi connectivity index (χ0n) is 24.5. The summed E-state index contributed by atoms with van der Waals surface area (Å²) in [4.78, 5) is 28.5. The predicted octanol–water partition coefficient (Wildman–Crippen LogP) is 7.35. The number of anilines is 1. The van der Waals surface area contributed by atoms with Gasteiger partial charge in [-0.15, -0.1) is 10.2 Å². The van der Waals surface area contributed by atoms with Gasteiger partial charge in [-0.2, -0.15) is 0 Å². The van der Waals surface area contributed by atoms with E-state index < -0.39 is 17.7 Å². The average Bonchev–Trinajstić information content (AvgIpc) is 3.65. The number of benzene rings is 4. The number of carbonyl (C=O) groups excluding carboxylic acids is 2. The van der Waals surface area contributed by atoms with Gasteiger partial charge in [0.25, 0.3) is 5.78 Å². The second-order valence-electron chi connectivity index (χ2n) is 10.3. The molecule has 1 amide bonds. The van der Waals surface area contributed by atoms with Crippen LogP contribution in [-0.4, -0.2) is 34.1 Å². The van der Waals surface area contributed by atoms with Crippen molar-refractivity contribution in [3.63, 3.8) is 0 Å². The third-order valence-corrected chi connectivity index (χ3v) is 9.59. The summed E-state index contributed by atoms with van der Waals surface area (Å²) >= 11 is 2.72. The van der Waals surface area contributed by atoms with Gasteiger partial charge >= 0.3 is 5.91 Å². The number of aliphatic hydroxyl groups is 1. The van der Waals surface area contributed by atoms with Crippen molar-refractivity contribution in [2.75, 3.05) is 12.0 Å². The molecular weight excluding hydrogens is 607 g/mol. The van der Waals surface area contributed by atoms with Crippen LogP contribution in [-0.2, 0) is 21.9 Å². The lowest BCUT2D eigenvalue weighted by molar-refractivity contribution is -0.132. The van der Waals surface area contributed by atoms with E-state index in [-0.39, 0.29) is 16.5 Å². The molecule has 1 aliphatic rings. The lowest BCUT2D eigenvalue weighted by atomic mass is 9.95. The SMILES string of the molecule is COc1ccc(C2C(=C(O)c3ccc(OCc4ccccc4C)cc3)C(=O)C(=O)N2c2nnc(SCc3ccccc3)s2)cc1. The summed E-state index contributed by atoms with van der Waals surface area (Å²) in [5.74, 6) is 0.0308. The van der Waals surface area contributed by atoms with Gasteiger partial charge in [0, 0.05) is 11.3 Å². The number of ether oxygens (including phenoxy) is 2. The first-order valence-corrected chi connectivity index (χ1v) is 16.0. The molecule has 6 rings (SSSR count). The highest BCUT2D eigenvalue weighted by atomic mass is 32.2. The molecule has 10 heteroatoms. The van der Waals surface area contributed by atoms with E-state index in [1.54, 1.807) is 55.6 Å². The molecule has 1 aromatic heterocycles. The summed E-state index contributed by atoms with van der Waals surface area (Å²) in [5.41, 5.74) is 4.29. The quantitative estimate of drug-likeness (QED) is 0.0559. The number of aromatic nitrogens is 2. The average molecular weight is 636 g/mol. The smallest absolute Gasteiger partial charge is 0.301 e. The largest absolute Gasteiger partial charge is 0.507 e. The van der Waals surface area contributed by atoms with Crippen molar-refractivity contribution in [3.05, 3.63) is 137 Å². The molecule has 8 nitrogen and oxygen atoms in total. The molecule has 1 fully saturated rings. The number of carbonyl (C=O) groups is 2. The lowest BCUT2D eigenvalue weighted by Gasteiger charge is -2.22. The molecule has 0 spiro atoms. The molecule has 1 saturated heterocycles. The minimum Gasteiger partial charge on any atom is -0.507 e. The van der Waals surface area contributed by atoms with Crippen LogP contribution in [0.15, 0.2) is 113 Å². The van der Waals surface area contributed by atoms with Gasteiger partial charge in [-0.05, 0) is 65.6 Å². The van der Waals surface area contributed by atoms with E-state index in [1.807, 2.05) is 61.5 Å². The summed E-state index contributed by atoms with van der Waals surface area (Å²) < 4.78 is 11.9. The van der Waals surface area contributed by atoms with E-state index in [4.69, 9.17) is 9.47 Å². The van der Waals surface area contributed by atoms with Gasteiger partial charge in [-0.1, -0.05) is 89.8 Å². The van der Waals surface area contributed by atoms with Crippen LogP contribution in [0.25, 0.3) is 5.76 Å². The van der Waals surface area contributed by atoms with E-state index in [1.165, 1.54) is 28.0 Å². The molecule has 2 heterocycles. The van der Waals surface area contributed by atoms with E-state index in [0.717, 1.165) is 16.7 Å². The number of Topliss-reactive ketones (excluding diaryl/α,β-unsaturated/α-hetero) is 1. The summed E-state index contributed by atoms with van der Waals surface area (Å²) in [6.07, 6.45) is 0. The molecule has 5 aromatic rings. The molecule has 4 aromatic carbocycles. The second kappa shape index (κ2) is 13.4. The number of methoxy groups -OCH3 is 1. The Bertz CT molecular complexity index is 1850. The first kappa shape index (κ1) is 30.1. The van der Waals surface area contributed by atoms with Crippen molar-refractivity contribution in [3.8, 4) is 11.5 Å². The standard InChI is InChI=1S/C35H29N3O5S2/c1-22-8-6-7-11-26(22)20-43-28-18-14-25(15-19-28)31(39)29-30(24-12-16-27(42-2)17-13-24)38(33(41)32(29)40)34-36-37-35(45-34)44-21-23-9-4-3-5-10-23/h3-19,30,39H,20-21H2,1-2H3. The van der Waals surface area contributed by atoms with Crippen LogP contribution in [0.2, 0.25) is 0 Å².